The number of nitrogens with zero attached hydrogens (tertiary/aromatic N) is 4. The Kier molecular flexibility index (Phi) is 5.80. The molecule has 2 heterocycles. The Balaban J connectivity index is 1.32. The third-order valence-corrected chi connectivity index (χ3v) is 7.79. The van der Waals surface area contributed by atoms with Gasteiger partial charge in [0.05, 0.1) is 22.7 Å². The van der Waals surface area contributed by atoms with Crippen LogP contribution < -0.4 is 5.32 Å². The van der Waals surface area contributed by atoms with Crippen molar-refractivity contribution in [3.63, 3.8) is 0 Å². The fourth-order valence-electron chi connectivity index (χ4n) is 5.96. The molecule has 2 fully saturated rings. The minimum absolute atomic E-state index is 0.0621. The monoisotopic (exact) mass is 499 g/mol. The molecule has 2 atom stereocenters. The van der Waals surface area contributed by atoms with Crippen molar-refractivity contribution >= 4 is 29.0 Å². The van der Waals surface area contributed by atoms with Crippen molar-refractivity contribution in [1.29, 1.82) is 0 Å². The molecule has 2 aliphatic carbocycles. The normalized spacial score (nSPS) is 25.6. The molecule has 35 heavy (non-hydrogen) atoms. The van der Waals surface area contributed by atoms with Crippen LogP contribution in [0.3, 0.4) is 0 Å². The smallest absolute Gasteiger partial charge is 0.274 e. The van der Waals surface area contributed by atoms with E-state index in [1.54, 1.807) is 35.7 Å². The number of aromatic nitrogens is 4. The zero-order chi connectivity index (χ0) is 25.1. The molecule has 2 aromatic heterocycles. The summed E-state index contributed by atoms with van der Waals surface area (Å²) in [7, 11) is 3.52. The number of ketones is 1. The van der Waals surface area contributed by atoms with Gasteiger partial charge in [-0.05, 0) is 61.8 Å². The molecular formula is C25H27ClFN5O3. The van der Waals surface area contributed by atoms with E-state index >= 15 is 0 Å². The molecule has 1 amide bonds. The molecule has 0 saturated heterocycles. The number of carbonyl (C=O) groups is 2. The lowest BCUT2D eigenvalue weighted by Crippen LogP contribution is -2.26. The van der Waals surface area contributed by atoms with Crippen molar-refractivity contribution in [2.24, 2.45) is 25.9 Å². The number of Topliss-reactive ketones (excluding diaryl/α,β-unsaturated/α-hetero) is 1. The Morgan fingerprint density at radius 3 is 2.49 bits per heavy atom. The molecule has 2 unspecified atom stereocenters. The fourth-order valence-corrected chi connectivity index (χ4v) is 6.14. The molecule has 0 spiro atoms. The number of rotatable bonds is 5. The van der Waals surface area contributed by atoms with E-state index < -0.39 is 11.4 Å². The highest BCUT2D eigenvalue weighted by Gasteiger charge is 2.51. The number of aliphatic hydroxyl groups is 1. The van der Waals surface area contributed by atoms with E-state index in [0.29, 0.717) is 35.6 Å². The minimum Gasteiger partial charge on any atom is -0.384 e. The maximum Gasteiger partial charge on any atom is 0.274 e. The van der Waals surface area contributed by atoms with Gasteiger partial charge in [0.1, 0.15) is 22.8 Å². The van der Waals surface area contributed by atoms with E-state index in [0.717, 1.165) is 18.5 Å². The van der Waals surface area contributed by atoms with Gasteiger partial charge in [-0.3, -0.25) is 14.3 Å². The summed E-state index contributed by atoms with van der Waals surface area (Å²) < 4.78 is 16.8. The van der Waals surface area contributed by atoms with Crippen LogP contribution >= 0.6 is 11.6 Å². The number of imidazole rings is 1. The van der Waals surface area contributed by atoms with Crippen molar-refractivity contribution in [2.75, 3.05) is 5.32 Å². The lowest BCUT2D eigenvalue weighted by atomic mass is 9.90. The summed E-state index contributed by atoms with van der Waals surface area (Å²) in [5, 5.41) is 18.4. The summed E-state index contributed by atoms with van der Waals surface area (Å²) >= 11 is 5.85. The number of fused-ring (bicyclic) bond motifs is 1. The maximum absolute atomic E-state index is 13.5. The second kappa shape index (κ2) is 8.57. The number of aryl methyl sites for hydroxylation is 2. The van der Waals surface area contributed by atoms with Gasteiger partial charge in [-0.25, -0.2) is 9.37 Å². The Hall–Kier alpha value is -3.04. The zero-order valence-electron chi connectivity index (χ0n) is 19.8. The van der Waals surface area contributed by atoms with Crippen LogP contribution in [0, 0.1) is 17.7 Å². The second-order valence-corrected chi connectivity index (χ2v) is 10.3. The largest absolute Gasteiger partial charge is 0.384 e. The first-order valence-corrected chi connectivity index (χ1v) is 12.0. The Morgan fingerprint density at radius 2 is 1.89 bits per heavy atom. The van der Waals surface area contributed by atoms with E-state index in [4.69, 9.17) is 11.6 Å². The maximum atomic E-state index is 13.5. The highest BCUT2D eigenvalue weighted by molar-refractivity contribution is 6.31. The number of anilines is 1. The predicted octanol–water partition coefficient (Wildman–Crippen LogP) is 4.19. The Bertz CT molecular complexity index is 1320. The van der Waals surface area contributed by atoms with Crippen LogP contribution in [0.4, 0.5) is 10.1 Å². The molecule has 1 aromatic carbocycles. The van der Waals surface area contributed by atoms with Crippen LogP contribution in [0.5, 0.6) is 0 Å². The molecule has 0 aliphatic heterocycles. The predicted molar refractivity (Wildman–Crippen MR) is 128 cm³/mol. The van der Waals surface area contributed by atoms with Gasteiger partial charge in [-0.15, -0.1) is 0 Å². The standard InChI is InChI=1S/C25H27ClFN5O3/c1-13(33)20-9-21(32(3)30-20)25(35)10-15-6-14(7-16(15)11-25)22-23(31(2)12-28-22)24(34)29-17-4-5-19(27)18(26)8-17/h4-5,8-9,12,14-16,35H,6-7,10-11H2,1-3H3,(H,29,34). The molecule has 8 nitrogen and oxygen atoms in total. The van der Waals surface area contributed by atoms with E-state index in [2.05, 4.69) is 15.4 Å². The van der Waals surface area contributed by atoms with Gasteiger partial charge >= 0.3 is 0 Å². The Morgan fingerprint density at radius 1 is 1.20 bits per heavy atom. The third-order valence-electron chi connectivity index (χ3n) is 7.50. The lowest BCUT2D eigenvalue weighted by molar-refractivity contribution is 0.0263. The molecule has 0 bridgehead atoms. The minimum atomic E-state index is -1.03. The number of hydrogen-bond acceptors (Lipinski definition) is 5. The molecule has 2 saturated carbocycles. The molecule has 2 aliphatic rings. The average molecular weight is 500 g/mol. The summed E-state index contributed by atoms with van der Waals surface area (Å²) in [5.74, 6) is -0.371. The lowest BCUT2D eigenvalue weighted by Gasteiger charge is -2.25. The molecule has 3 aromatic rings. The van der Waals surface area contributed by atoms with Gasteiger partial charge < -0.3 is 15.0 Å². The van der Waals surface area contributed by atoms with Crippen LogP contribution in [0.1, 0.15) is 70.9 Å². The number of halogens is 2. The number of amides is 1. The van der Waals surface area contributed by atoms with E-state index in [-0.39, 0.29) is 34.5 Å². The highest BCUT2D eigenvalue weighted by Crippen LogP contribution is 2.56. The topological polar surface area (TPSA) is 102 Å². The van der Waals surface area contributed by atoms with Crippen LogP contribution in [-0.4, -0.2) is 36.1 Å². The summed E-state index contributed by atoms with van der Waals surface area (Å²) in [4.78, 5) is 29.4. The summed E-state index contributed by atoms with van der Waals surface area (Å²) in [6.07, 6.45) is 4.40. The van der Waals surface area contributed by atoms with E-state index in [1.165, 1.54) is 25.1 Å². The Labute approximate surface area is 207 Å². The van der Waals surface area contributed by atoms with Gasteiger partial charge in [0, 0.05) is 32.6 Å². The molecule has 184 valence electrons. The molecular weight excluding hydrogens is 473 g/mol. The number of hydrogen-bond donors (Lipinski definition) is 2. The summed E-state index contributed by atoms with van der Waals surface area (Å²) in [5.41, 5.74) is 1.60. The molecule has 5 rings (SSSR count). The summed E-state index contributed by atoms with van der Waals surface area (Å²) in [6, 6.07) is 5.75. The highest BCUT2D eigenvalue weighted by atomic mass is 35.5. The first-order valence-electron chi connectivity index (χ1n) is 11.6. The van der Waals surface area contributed by atoms with Crippen molar-refractivity contribution in [1.82, 2.24) is 19.3 Å². The third kappa shape index (κ3) is 4.16. The van der Waals surface area contributed by atoms with Gasteiger partial charge in [0.15, 0.2) is 5.78 Å². The first-order chi connectivity index (χ1) is 16.6. The van der Waals surface area contributed by atoms with Crippen molar-refractivity contribution in [3.05, 3.63) is 64.2 Å². The van der Waals surface area contributed by atoms with Crippen molar-refractivity contribution in [3.8, 4) is 0 Å². The number of nitrogens with one attached hydrogen (secondary N) is 1. The molecule has 0 radical (unpaired) electrons. The fraction of sp³-hybridized carbons (Fsp3) is 0.440. The van der Waals surface area contributed by atoms with Crippen molar-refractivity contribution in [2.45, 2.75) is 44.1 Å². The molecule has 2 N–H and O–H groups in total. The SMILES string of the molecule is CC(=O)c1cc(C2(O)CC3CC(c4ncn(C)c4C(=O)Nc4ccc(F)c(Cl)c4)CC3C2)n(C)n1. The van der Waals surface area contributed by atoms with Crippen LogP contribution in [-0.2, 0) is 19.7 Å². The average Bonchev–Trinajstić information content (AvgIpc) is 3.52. The van der Waals surface area contributed by atoms with Crippen LogP contribution in [0.15, 0.2) is 30.6 Å². The van der Waals surface area contributed by atoms with Crippen LogP contribution in [0.2, 0.25) is 5.02 Å². The summed E-state index contributed by atoms with van der Waals surface area (Å²) in [6.45, 7) is 1.47. The van der Waals surface area contributed by atoms with Crippen molar-refractivity contribution < 1.29 is 19.1 Å². The van der Waals surface area contributed by atoms with Crippen LogP contribution in [0.25, 0.3) is 0 Å². The number of benzene rings is 1. The van der Waals surface area contributed by atoms with E-state index in [9.17, 15) is 19.1 Å². The molecule has 10 heteroatoms. The van der Waals surface area contributed by atoms with Gasteiger partial charge in [0.25, 0.3) is 5.91 Å². The van der Waals surface area contributed by atoms with E-state index in [1.807, 2.05) is 0 Å². The first kappa shape index (κ1) is 23.7. The zero-order valence-corrected chi connectivity index (χ0v) is 20.5. The number of carbonyl (C=O) groups excluding carboxylic acids is 2. The quantitative estimate of drug-likeness (QED) is 0.512. The second-order valence-electron chi connectivity index (χ2n) is 9.90. The van der Waals surface area contributed by atoms with Gasteiger partial charge in [-0.2, -0.15) is 5.10 Å². The van der Waals surface area contributed by atoms with Gasteiger partial charge in [0.2, 0.25) is 0 Å². The van der Waals surface area contributed by atoms with Gasteiger partial charge in [-0.1, -0.05) is 11.6 Å².